The molecule has 0 bridgehead atoms. The lowest BCUT2D eigenvalue weighted by Crippen LogP contribution is -2.15. The Morgan fingerprint density at radius 3 is 1.45 bits per heavy atom. The van der Waals surface area contributed by atoms with Crippen molar-refractivity contribution in [2.24, 2.45) is 0 Å². The zero-order chi connectivity index (χ0) is 34.1. The van der Waals surface area contributed by atoms with Gasteiger partial charge in [0.2, 0.25) is 0 Å². The van der Waals surface area contributed by atoms with E-state index in [-0.39, 0.29) is 5.41 Å². The average molecular weight is 652 g/mol. The average Bonchev–Trinajstić information content (AvgIpc) is 3.41. The van der Waals surface area contributed by atoms with E-state index in [9.17, 15) is 0 Å². The van der Waals surface area contributed by atoms with Crippen molar-refractivity contribution in [3.63, 3.8) is 0 Å². The zero-order valence-corrected chi connectivity index (χ0v) is 28.4. The monoisotopic (exact) mass is 651 g/mol. The van der Waals surface area contributed by atoms with E-state index in [0.717, 1.165) is 39.1 Å². The van der Waals surface area contributed by atoms with Gasteiger partial charge in [0, 0.05) is 34.5 Å². The maximum Gasteiger partial charge on any atom is 0.0973 e. The molecule has 0 atom stereocenters. The highest BCUT2D eigenvalue weighted by atomic mass is 14.8. The van der Waals surface area contributed by atoms with Crippen molar-refractivity contribution in [3.05, 3.63) is 175 Å². The van der Waals surface area contributed by atoms with Crippen LogP contribution in [0, 0.1) is 0 Å². The Balaban J connectivity index is 1.15. The van der Waals surface area contributed by atoms with Crippen molar-refractivity contribution in [2.45, 2.75) is 19.3 Å². The van der Waals surface area contributed by atoms with E-state index in [2.05, 4.69) is 134 Å². The number of aromatic nitrogens is 3. The molecule has 3 heteroatoms. The molecule has 7 aromatic carbocycles. The van der Waals surface area contributed by atoms with E-state index in [1.165, 1.54) is 60.5 Å². The molecular formula is C48H33N3. The standard InChI is InChI=1S/C48H33N3/c1-48(2)40-27-31(44-36-16-6-8-18-38(36)45(33-15-12-26-49-29-33)39-19-9-7-17-37(39)44)22-24-34(40)35-25-23-32(28-41(35)48)47-46(30-13-4-3-5-14-30)50-42-20-10-11-21-43(42)51-47/h3-29H,1-2H3. The van der Waals surface area contributed by atoms with Crippen LogP contribution >= 0.6 is 0 Å². The van der Waals surface area contributed by atoms with E-state index < -0.39 is 0 Å². The van der Waals surface area contributed by atoms with Gasteiger partial charge in [0.05, 0.1) is 22.4 Å². The van der Waals surface area contributed by atoms with Crippen LogP contribution in [0.5, 0.6) is 0 Å². The number of pyridine rings is 1. The van der Waals surface area contributed by atoms with Crippen molar-refractivity contribution in [3.8, 4) is 55.9 Å². The summed E-state index contributed by atoms with van der Waals surface area (Å²) in [5.74, 6) is 0. The number of hydrogen-bond donors (Lipinski definition) is 0. The fraction of sp³-hybridized carbons (Fsp3) is 0.0625. The summed E-state index contributed by atoms with van der Waals surface area (Å²) in [6, 6.07) is 54.3. The Morgan fingerprint density at radius 1 is 0.412 bits per heavy atom. The molecule has 0 N–H and O–H groups in total. The Bertz CT molecular complexity index is 2760. The van der Waals surface area contributed by atoms with Crippen LogP contribution in [0.2, 0.25) is 0 Å². The van der Waals surface area contributed by atoms with Crippen molar-refractivity contribution >= 4 is 32.6 Å². The Morgan fingerprint density at radius 2 is 0.882 bits per heavy atom. The highest BCUT2D eigenvalue weighted by molar-refractivity contribution is 6.21. The second kappa shape index (κ2) is 11.3. The molecule has 51 heavy (non-hydrogen) atoms. The number of nitrogens with zero attached hydrogens (tertiary/aromatic N) is 3. The summed E-state index contributed by atoms with van der Waals surface area (Å²) in [6.45, 7) is 4.72. The van der Waals surface area contributed by atoms with Gasteiger partial charge in [-0.25, -0.2) is 9.97 Å². The number of rotatable bonds is 4. The van der Waals surface area contributed by atoms with Crippen LogP contribution in [0.1, 0.15) is 25.0 Å². The van der Waals surface area contributed by atoms with E-state index in [0.29, 0.717) is 0 Å². The molecule has 3 nitrogen and oxygen atoms in total. The lowest BCUT2D eigenvalue weighted by molar-refractivity contribution is 0.661. The SMILES string of the molecule is CC1(C)c2cc(-c3nc4ccccc4nc3-c3ccccc3)ccc2-c2ccc(-c3c4ccccc4c(-c4cccnc4)c4ccccc34)cc21. The first-order valence-corrected chi connectivity index (χ1v) is 17.5. The van der Waals surface area contributed by atoms with Crippen molar-refractivity contribution in [1.29, 1.82) is 0 Å². The summed E-state index contributed by atoms with van der Waals surface area (Å²) in [4.78, 5) is 14.8. The minimum Gasteiger partial charge on any atom is -0.264 e. The zero-order valence-electron chi connectivity index (χ0n) is 28.4. The molecule has 0 saturated carbocycles. The molecule has 9 aromatic rings. The van der Waals surface area contributed by atoms with Gasteiger partial charge >= 0.3 is 0 Å². The van der Waals surface area contributed by atoms with E-state index in [1.807, 2.05) is 48.8 Å². The van der Waals surface area contributed by atoms with Crippen LogP contribution in [0.3, 0.4) is 0 Å². The first-order chi connectivity index (χ1) is 25.1. The molecule has 2 aromatic heterocycles. The molecule has 2 heterocycles. The molecule has 0 radical (unpaired) electrons. The van der Waals surface area contributed by atoms with E-state index in [4.69, 9.17) is 9.97 Å². The molecule has 0 aliphatic heterocycles. The fourth-order valence-corrected chi connectivity index (χ4v) is 8.30. The number of hydrogen-bond acceptors (Lipinski definition) is 3. The second-order valence-corrected chi connectivity index (χ2v) is 14.0. The third kappa shape index (κ3) is 4.55. The molecule has 0 amide bonds. The lowest BCUT2D eigenvalue weighted by atomic mass is 9.80. The van der Waals surface area contributed by atoms with Crippen LogP contribution in [0.4, 0.5) is 0 Å². The Hall–Kier alpha value is -6.45. The van der Waals surface area contributed by atoms with Gasteiger partial charge in [0.15, 0.2) is 0 Å². The highest BCUT2D eigenvalue weighted by Crippen LogP contribution is 2.52. The molecule has 240 valence electrons. The molecule has 0 unspecified atom stereocenters. The van der Waals surface area contributed by atoms with Gasteiger partial charge in [-0.15, -0.1) is 0 Å². The Labute approximate surface area is 297 Å². The van der Waals surface area contributed by atoms with Gasteiger partial charge in [-0.05, 0) is 90.8 Å². The Kier molecular flexibility index (Phi) is 6.53. The summed E-state index contributed by atoms with van der Waals surface area (Å²) >= 11 is 0. The number of fused-ring (bicyclic) bond motifs is 6. The lowest BCUT2D eigenvalue weighted by Gasteiger charge is -2.23. The minimum atomic E-state index is -0.227. The number of benzene rings is 7. The minimum absolute atomic E-state index is 0.227. The predicted octanol–water partition coefficient (Wildman–Crippen LogP) is 12.3. The summed E-state index contributed by atoms with van der Waals surface area (Å²) in [7, 11) is 0. The third-order valence-electron chi connectivity index (χ3n) is 10.7. The second-order valence-electron chi connectivity index (χ2n) is 14.0. The van der Waals surface area contributed by atoms with Gasteiger partial charge in [-0.2, -0.15) is 0 Å². The van der Waals surface area contributed by atoms with Gasteiger partial charge in [0.25, 0.3) is 0 Å². The fourth-order valence-electron chi connectivity index (χ4n) is 8.30. The van der Waals surface area contributed by atoms with E-state index in [1.54, 1.807) is 0 Å². The van der Waals surface area contributed by atoms with Crippen LogP contribution in [-0.2, 0) is 5.41 Å². The van der Waals surface area contributed by atoms with Crippen LogP contribution < -0.4 is 0 Å². The molecule has 10 rings (SSSR count). The van der Waals surface area contributed by atoms with Gasteiger partial charge in [0.1, 0.15) is 0 Å². The quantitative estimate of drug-likeness (QED) is 0.178. The molecule has 0 saturated heterocycles. The van der Waals surface area contributed by atoms with Crippen LogP contribution in [0.25, 0.3) is 88.5 Å². The molecule has 1 aliphatic carbocycles. The van der Waals surface area contributed by atoms with Crippen LogP contribution in [0.15, 0.2) is 164 Å². The van der Waals surface area contributed by atoms with Crippen molar-refractivity contribution < 1.29 is 0 Å². The molecule has 1 aliphatic rings. The molecule has 0 fully saturated rings. The number of para-hydroxylation sites is 2. The van der Waals surface area contributed by atoms with Crippen LogP contribution in [-0.4, -0.2) is 15.0 Å². The van der Waals surface area contributed by atoms with Gasteiger partial charge in [-0.1, -0.05) is 135 Å². The van der Waals surface area contributed by atoms with Crippen molar-refractivity contribution in [1.82, 2.24) is 15.0 Å². The van der Waals surface area contributed by atoms with Gasteiger partial charge < -0.3 is 0 Å². The topological polar surface area (TPSA) is 38.7 Å². The highest BCUT2D eigenvalue weighted by Gasteiger charge is 2.36. The van der Waals surface area contributed by atoms with Crippen molar-refractivity contribution in [2.75, 3.05) is 0 Å². The maximum atomic E-state index is 5.22. The van der Waals surface area contributed by atoms with E-state index >= 15 is 0 Å². The first kappa shape index (κ1) is 29.5. The maximum absolute atomic E-state index is 5.22. The molecule has 0 spiro atoms. The summed E-state index contributed by atoms with van der Waals surface area (Å²) in [5.41, 5.74) is 15.6. The largest absolute Gasteiger partial charge is 0.264 e. The first-order valence-electron chi connectivity index (χ1n) is 17.5. The summed E-state index contributed by atoms with van der Waals surface area (Å²) in [6.07, 6.45) is 3.82. The normalized spacial score (nSPS) is 13.1. The van der Waals surface area contributed by atoms with Gasteiger partial charge in [-0.3, -0.25) is 4.98 Å². The summed E-state index contributed by atoms with van der Waals surface area (Å²) in [5, 5.41) is 4.96. The third-order valence-corrected chi connectivity index (χ3v) is 10.7. The summed E-state index contributed by atoms with van der Waals surface area (Å²) < 4.78 is 0. The molecular weight excluding hydrogens is 619 g/mol. The smallest absolute Gasteiger partial charge is 0.0973 e. The predicted molar refractivity (Wildman–Crippen MR) is 212 cm³/mol.